The average Bonchev–Trinajstić information content (AvgIpc) is 2.39. The number of nitrogens with one attached hydrogen (secondary N) is 1. The van der Waals surface area contributed by atoms with Crippen LogP contribution < -0.4 is 11.1 Å². The first-order valence-electron chi connectivity index (χ1n) is 6.55. The molecule has 0 saturated heterocycles. The third-order valence-corrected chi connectivity index (χ3v) is 4.21. The molecule has 0 atom stereocenters. The first kappa shape index (κ1) is 13.5. The Balaban J connectivity index is 2.01. The third-order valence-electron chi connectivity index (χ3n) is 3.90. The summed E-state index contributed by atoms with van der Waals surface area (Å²) in [6.07, 6.45) is 5.87. The first-order valence-corrected chi connectivity index (χ1v) is 6.93. The summed E-state index contributed by atoms with van der Waals surface area (Å²) in [6, 6.07) is 5.47. The van der Waals surface area contributed by atoms with Crippen LogP contribution in [-0.4, -0.2) is 18.3 Å². The Labute approximate surface area is 113 Å². The lowest BCUT2D eigenvalue weighted by atomic mass is 9.74. The molecule has 1 saturated carbocycles. The highest BCUT2D eigenvalue weighted by molar-refractivity contribution is 6.33. The minimum atomic E-state index is 0.0168. The van der Waals surface area contributed by atoms with Crippen LogP contribution in [0.15, 0.2) is 18.2 Å². The molecule has 1 aliphatic rings. The zero-order valence-corrected chi connectivity index (χ0v) is 11.3. The van der Waals surface area contributed by atoms with E-state index in [4.69, 9.17) is 17.3 Å². The first-order chi connectivity index (χ1) is 8.65. The fourth-order valence-corrected chi connectivity index (χ4v) is 2.91. The Bertz CT molecular complexity index is 403. The largest absolute Gasteiger partial charge is 0.399 e. The van der Waals surface area contributed by atoms with Crippen LogP contribution in [0.3, 0.4) is 0 Å². The predicted molar refractivity (Wildman–Crippen MR) is 77.0 cm³/mol. The number of benzene rings is 1. The summed E-state index contributed by atoms with van der Waals surface area (Å²) < 4.78 is 0. The summed E-state index contributed by atoms with van der Waals surface area (Å²) in [5, 5.41) is 13.6. The van der Waals surface area contributed by atoms with Crippen molar-refractivity contribution in [2.45, 2.75) is 32.1 Å². The quantitative estimate of drug-likeness (QED) is 0.735. The maximum absolute atomic E-state index is 9.64. The molecular weight excluding hydrogens is 248 g/mol. The molecule has 3 nitrogen and oxygen atoms in total. The molecule has 0 bridgehead atoms. The minimum Gasteiger partial charge on any atom is -0.399 e. The fraction of sp³-hybridized carbons (Fsp3) is 0.571. The maximum atomic E-state index is 9.64. The van der Waals surface area contributed by atoms with Gasteiger partial charge in [-0.2, -0.15) is 0 Å². The lowest BCUT2D eigenvalue weighted by Gasteiger charge is -2.36. The van der Waals surface area contributed by atoms with Gasteiger partial charge < -0.3 is 16.2 Å². The Morgan fingerprint density at radius 1 is 1.28 bits per heavy atom. The summed E-state index contributed by atoms with van der Waals surface area (Å²) in [5.74, 6) is 0. The minimum absolute atomic E-state index is 0.0168. The fourth-order valence-electron chi connectivity index (χ4n) is 2.65. The summed E-state index contributed by atoms with van der Waals surface area (Å²) >= 11 is 6.13. The van der Waals surface area contributed by atoms with Crippen molar-refractivity contribution < 1.29 is 5.11 Å². The van der Waals surface area contributed by atoms with Gasteiger partial charge in [0, 0.05) is 17.6 Å². The molecule has 4 heteroatoms. The normalized spacial score (nSPS) is 18.6. The van der Waals surface area contributed by atoms with Crippen LogP contribution in [-0.2, 0) is 0 Å². The number of anilines is 2. The van der Waals surface area contributed by atoms with Crippen molar-refractivity contribution in [3.05, 3.63) is 23.2 Å². The molecule has 0 radical (unpaired) electrons. The summed E-state index contributed by atoms with van der Waals surface area (Å²) in [5.41, 5.74) is 7.24. The monoisotopic (exact) mass is 268 g/mol. The molecule has 2 rings (SSSR count). The van der Waals surface area contributed by atoms with Gasteiger partial charge in [-0.1, -0.05) is 30.9 Å². The van der Waals surface area contributed by atoms with E-state index in [1.165, 1.54) is 19.3 Å². The van der Waals surface area contributed by atoms with E-state index in [1.807, 2.05) is 12.1 Å². The van der Waals surface area contributed by atoms with Crippen LogP contribution in [0.4, 0.5) is 11.4 Å². The van der Waals surface area contributed by atoms with Crippen molar-refractivity contribution in [2.75, 3.05) is 24.2 Å². The SMILES string of the molecule is Nc1ccc(NCC2(CO)CCCCC2)c(Cl)c1. The molecule has 1 aliphatic carbocycles. The summed E-state index contributed by atoms with van der Waals surface area (Å²) in [4.78, 5) is 0. The Hall–Kier alpha value is -0.930. The topological polar surface area (TPSA) is 58.3 Å². The Morgan fingerprint density at radius 2 is 2.00 bits per heavy atom. The molecule has 1 aromatic carbocycles. The van der Waals surface area contributed by atoms with Gasteiger partial charge in [-0.15, -0.1) is 0 Å². The van der Waals surface area contributed by atoms with Crippen LogP contribution in [0.2, 0.25) is 5.02 Å². The average molecular weight is 269 g/mol. The van der Waals surface area contributed by atoms with E-state index in [1.54, 1.807) is 6.07 Å². The van der Waals surface area contributed by atoms with Gasteiger partial charge in [-0.05, 0) is 31.0 Å². The van der Waals surface area contributed by atoms with E-state index in [9.17, 15) is 5.11 Å². The summed E-state index contributed by atoms with van der Waals surface area (Å²) in [6.45, 7) is 1.01. The smallest absolute Gasteiger partial charge is 0.0657 e. The molecular formula is C14H21ClN2O. The number of nitrogens with two attached hydrogens (primary N) is 1. The molecule has 100 valence electrons. The highest BCUT2D eigenvalue weighted by Gasteiger charge is 2.31. The molecule has 1 aromatic rings. The van der Waals surface area contributed by atoms with E-state index in [0.29, 0.717) is 10.7 Å². The number of aliphatic hydroxyl groups excluding tert-OH is 1. The second-order valence-corrected chi connectivity index (χ2v) is 5.72. The van der Waals surface area contributed by atoms with E-state index in [2.05, 4.69) is 5.32 Å². The molecule has 4 N–H and O–H groups in total. The number of hydrogen-bond acceptors (Lipinski definition) is 3. The van der Waals surface area contributed by atoms with E-state index >= 15 is 0 Å². The van der Waals surface area contributed by atoms with Crippen LogP contribution >= 0.6 is 11.6 Å². The number of hydrogen-bond donors (Lipinski definition) is 3. The third kappa shape index (κ3) is 3.09. The lowest BCUT2D eigenvalue weighted by Crippen LogP contribution is -2.35. The Kier molecular flexibility index (Phi) is 4.36. The van der Waals surface area contributed by atoms with Gasteiger partial charge in [-0.3, -0.25) is 0 Å². The molecule has 0 spiro atoms. The standard InChI is InChI=1S/C14H21ClN2O/c15-12-8-11(16)4-5-13(12)17-9-14(10-18)6-2-1-3-7-14/h4-5,8,17-18H,1-3,6-7,9-10,16H2. The van der Waals surface area contributed by atoms with E-state index in [0.717, 1.165) is 25.1 Å². The van der Waals surface area contributed by atoms with Gasteiger partial charge in [0.05, 0.1) is 17.3 Å². The second kappa shape index (κ2) is 5.81. The second-order valence-electron chi connectivity index (χ2n) is 5.31. The van der Waals surface area contributed by atoms with Gasteiger partial charge in [-0.25, -0.2) is 0 Å². The van der Waals surface area contributed by atoms with Gasteiger partial charge >= 0.3 is 0 Å². The number of aliphatic hydroxyl groups is 1. The number of rotatable bonds is 4. The highest BCUT2D eigenvalue weighted by atomic mass is 35.5. The van der Waals surface area contributed by atoms with Crippen LogP contribution in [0.5, 0.6) is 0 Å². The zero-order chi connectivity index (χ0) is 13.0. The highest BCUT2D eigenvalue weighted by Crippen LogP contribution is 2.36. The van der Waals surface area contributed by atoms with Gasteiger partial charge in [0.1, 0.15) is 0 Å². The molecule has 0 heterocycles. The van der Waals surface area contributed by atoms with Crippen LogP contribution in [0, 0.1) is 5.41 Å². The van der Waals surface area contributed by atoms with Crippen molar-refractivity contribution in [1.82, 2.24) is 0 Å². The number of nitrogen functional groups attached to an aromatic ring is 1. The number of halogens is 1. The van der Waals surface area contributed by atoms with Gasteiger partial charge in [0.25, 0.3) is 0 Å². The van der Waals surface area contributed by atoms with Gasteiger partial charge in [0.15, 0.2) is 0 Å². The van der Waals surface area contributed by atoms with Crippen molar-refractivity contribution in [3.8, 4) is 0 Å². The lowest BCUT2D eigenvalue weighted by molar-refractivity contribution is 0.0944. The molecule has 0 aliphatic heterocycles. The zero-order valence-electron chi connectivity index (χ0n) is 10.6. The summed E-state index contributed by atoms with van der Waals surface area (Å²) in [7, 11) is 0. The van der Waals surface area contributed by atoms with Crippen LogP contribution in [0.25, 0.3) is 0 Å². The molecule has 0 unspecified atom stereocenters. The van der Waals surface area contributed by atoms with Crippen molar-refractivity contribution in [1.29, 1.82) is 0 Å². The van der Waals surface area contributed by atoms with Crippen molar-refractivity contribution in [3.63, 3.8) is 0 Å². The van der Waals surface area contributed by atoms with Gasteiger partial charge in [0.2, 0.25) is 0 Å². The van der Waals surface area contributed by atoms with E-state index in [-0.39, 0.29) is 12.0 Å². The van der Waals surface area contributed by atoms with Crippen molar-refractivity contribution >= 4 is 23.0 Å². The molecule has 0 aromatic heterocycles. The van der Waals surface area contributed by atoms with Crippen LogP contribution in [0.1, 0.15) is 32.1 Å². The maximum Gasteiger partial charge on any atom is 0.0657 e. The molecule has 1 fully saturated rings. The predicted octanol–water partition coefficient (Wildman–Crippen LogP) is 3.28. The van der Waals surface area contributed by atoms with E-state index < -0.39 is 0 Å². The molecule has 0 amide bonds. The van der Waals surface area contributed by atoms with Crippen molar-refractivity contribution in [2.24, 2.45) is 5.41 Å². The Morgan fingerprint density at radius 3 is 2.61 bits per heavy atom. The molecule has 18 heavy (non-hydrogen) atoms.